The molecule has 0 unspecified atom stereocenters. The van der Waals surface area contributed by atoms with Crippen LogP contribution in [-0.4, -0.2) is 47.4 Å². The molecule has 0 radical (unpaired) electrons. The summed E-state index contributed by atoms with van der Waals surface area (Å²) in [7, 11) is 1.66. The molecule has 126 valence electrons. The van der Waals surface area contributed by atoms with E-state index in [9.17, 15) is 4.79 Å². The summed E-state index contributed by atoms with van der Waals surface area (Å²) in [5.74, 6) is 0.956. The number of nitrogens with zero attached hydrogens (tertiary/aromatic N) is 3. The predicted molar refractivity (Wildman–Crippen MR) is 92.6 cm³/mol. The lowest BCUT2D eigenvalue weighted by molar-refractivity contribution is -0.134. The van der Waals surface area contributed by atoms with Crippen LogP contribution in [0.2, 0.25) is 0 Å². The van der Waals surface area contributed by atoms with Gasteiger partial charge in [-0.15, -0.1) is 0 Å². The van der Waals surface area contributed by atoms with Crippen LogP contribution in [0, 0.1) is 0 Å². The number of piperazine rings is 1. The number of benzene rings is 1. The summed E-state index contributed by atoms with van der Waals surface area (Å²) in [6.45, 7) is 4.98. The number of carbonyl (C=O) groups excluding carboxylic acids is 1. The van der Waals surface area contributed by atoms with E-state index in [4.69, 9.17) is 4.74 Å². The molecule has 3 rings (SSSR count). The number of hydrogen-bond acceptors (Lipinski definition) is 4. The van der Waals surface area contributed by atoms with Gasteiger partial charge < -0.3 is 9.64 Å². The van der Waals surface area contributed by atoms with Crippen LogP contribution in [-0.2, 0) is 11.3 Å². The van der Waals surface area contributed by atoms with Gasteiger partial charge in [0.1, 0.15) is 5.75 Å². The predicted octanol–water partition coefficient (Wildman–Crippen LogP) is 2.50. The molecule has 0 bridgehead atoms. The summed E-state index contributed by atoms with van der Waals surface area (Å²) < 4.78 is 5.23. The number of pyridine rings is 1. The maximum Gasteiger partial charge on any atom is 0.220 e. The summed E-state index contributed by atoms with van der Waals surface area (Å²) >= 11 is 0. The van der Waals surface area contributed by atoms with Crippen LogP contribution >= 0.6 is 0 Å². The maximum absolute atomic E-state index is 12.0. The van der Waals surface area contributed by atoms with Crippen LogP contribution in [0.25, 0.3) is 0 Å². The van der Waals surface area contributed by atoms with Gasteiger partial charge in [-0.2, -0.15) is 0 Å². The van der Waals surface area contributed by atoms with Gasteiger partial charge in [0.2, 0.25) is 5.91 Å². The molecule has 5 heteroatoms. The van der Waals surface area contributed by atoms with Crippen molar-refractivity contribution in [3.8, 4) is 5.75 Å². The Morgan fingerprint density at radius 3 is 2.50 bits per heavy atom. The Bertz CT molecular complexity index is 673. The minimum atomic E-state index is 0.0731. The molecular formula is C19H23N3O2. The van der Waals surface area contributed by atoms with Crippen molar-refractivity contribution >= 4 is 5.91 Å². The van der Waals surface area contributed by atoms with Crippen molar-refractivity contribution in [3.05, 3.63) is 59.9 Å². The molecule has 5 nitrogen and oxygen atoms in total. The molecule has 24 heavy (non-hydrogen) atoms. The Labute approximate surface area is 142 Å². The van der Waals surface area contributed by atoms with Gasteiger partial charge in [-0.05, 0) is 35.4 Å². The number of methoxy groups -OCH3 is 1. The fraction of sp³-hybridized carbons (Fsp3) is 0.368. The first-order valence-corrected chi connectivity index (χ1v) is 8.20. The van der Waals surface area contributed by atoms with Gasteiger partial charge in [0.15, 0.2) is 0 Å². The van der Waals surface area contributed by atoms with Crippen LogP contribution in [0.1, 0.15) is 24.1 Å². The second kappa shape index (κ2) is 7.45. The molecule has 0 saturated carbocycles. The standard InChI is InChI=1S/C19H23N3O2/c1-15(23)22-12-11-21(13-16-7-9-20-10-8-16)14-19(22)17-3-5-18(24-2)6-4-17/h3-10,19H,11-14H2,1-2H3/t19-/m0/s1. The lowest BCUT2D eigenvalue weighted by Gasteiger charge is -2.41. The van der Waals surface area contributed by atoms with Crippen LogP contribution in [0.4, 0.5) is 0 Å². The highest BCUT2D eigenvalue weighted by molar-refractivity contribution is 5.74. The molecule has 2 heterocycles. The Balaban J connectivity index is 1.77. The first-order valence-electron chi connectivity index (χ1n) is 8.20. The van der Waals surface area contributed by atoms with Gasteiger partial charge in [-0.3, -0.25) is 14.7 Å². The molecule has 1 aromatic heterocycles. The van der Waals surface area contributed by atoms with Crippen LogP contribution < -0.4 is 4.74 Å². The third kappa shape index (κ3) is 3.74. The van der Waals surface area contributed by atoms with E-state index in [0.717, 1.165) is 37.5 Å². The summed E-state index contributed by atoms with van der Waals surface area (Å²) in [5, 5.41) is 0. The van der Waals surface area contributed by atoms with E-state index in [-0.39, 0.29) is 11.9 Å². The van der Waals surface area contributed by atoms with Crippen molar-refractivity contribution in [3.63, 3.8) is 0 Å². The van der Waals surface area contributed by atoms with Crippen molar-refractivity contribution in [2.45, 2.75) is 19.5 Å². The van der Waals surface area contributed by atoms with Crippen molar-refractivity contribution in [2.75, 3.05) is 26.7 Å². The number of amides is 1. The molecule has 1 saturated heterocycles. The van der Waals surface area contributed by atoms with Crippen LogP contribution in [0.15, 0.2) is 48.8 Å². The number of ether oxygens (including phenoxy) is 1. The lowest BCUT2D eigenvalue weighted by Crippen LogP contribution is -2.49. The van der Waals surface area contributed by atoms with Gasteiger partial charge in [0, 0.05) is 45.5 Å². The second-order valence-electron chi connectivity index (χ2n) is 6.09. The Hall–Kier alpha value is -2.40. The molecule has 1 aliphatic heterocycles. The maximum atomic E-state index is 12.0. The van der Waals surface area contributed by atoms with Gasteiger partial charge in [0.05, 0.1) is 13.2 Å². The van der Waals surface area contributed by atoms with E-state index in [1.165, 1.54) is 5.56 Å². The Morgan fingerprint density at radius 2 is 1.88 bits per heavy atom. The second-order valence-corrected chi connectivity index (χ2v) is 6.09. The molecule has 2 aromatic rings. The third-order valence-electron chi connectivity index (χ3n) is 4.53. The fourth-order valence-corrected chi connectivity index (χ4v) is 3.22. The average Bonchev–Trinajstić information content (AvgIpc) is 2.62. The first-order chi connectivity index (χ1) is 11.7. The van der Waals surface area contributed by atoms with E-state index in [1.807, 2.05) is 41.6 Å². The van der Waals surface area contributed by atoms with E-state index in [0.29, 0.717) is 0 Å². The van der Waals surface area contributed by atoms with Gasteiger partial charge in [0.25, 0.3) is 0 Å². The van der Waals surface area contributed by atoms with Crippen molar-refractivity contribution < 1.29 is 9.53 Å². The normalized spacial score (nSPS) is 18.4. The zero-order valence-corrected chi connectivity index (χ0v) is 14.2. The highest BCUT2D eigenvalue weighted by Gasteiger charge is 2.29. The zero-order valence-electron chi connectivity index (χ0n) is 14.2. The molecule has 1 amide bonds. The van der Waals surface area contributed by atoms with Crippen molar-refractivity contribution in [1.29, 1.82) is 0 Å². The largest absolute Gasteiger partial charge is 0.497 e. The number of aromatic nitrogens is 1. The molecular weight excluding hydrogens is 302 g/mol. The smallest absolute Gasteiger partial charge is 0.220 e. The van der Waals surface area contributed by atoms with Crippen LogP contribution in [0.5, 0.6) is 5.75 Å². The zero-order chi connectivity index (χ0) is 16.9. The minimum Gasteiger partial charge on any atom is -0.497 e. The lowest BCUT2D eigenvalue weighted by atomic mass is 10.0. The highest BCUT2D eigenvalue weighted by Crippen LogP contribution is 2.27. The SMILES string of the molecule is COc1ccc([C@@H]2CN(Cc3ccncc3)CCN2C(C)=O)cc1. The monoisotopic (exact) mass is 325 g/mol. The van der Waals surface area contributed by atoms with E-state index in [1.54, 1.807) is 14.0 Å². The quantitative estimate of drug-likeness (QED) is 0.866. The molecule has 1 aromatic carbocycles. The number of carbonyl (C=O) groups is 1. The van der Waals surface area contributed by atoms with E-state index in [2.05, 4.69) is 22.0 Å². The van der Waals surface area contributed by atoms with Gasteiger partial charge >= 0.3 is 0 Å². The number of rotatable bonds is 4. The average molecular weight is 325 g/mol. The molecule has 1 fully saturated rings. The third-order valence-corrected chi connectivity index (χ3v) is 4.53. The molecule has 0 spiro atoms. The summed E-state index contributed by atoms with van der Waals surface area (Å²) in [5.41, 5.74) is 2.39. The molecule has 1 aliphatic rings. The molecule has 1 atom stereocenters. The first kappa shape index (κ1) is 16.5. The Morgan fingerprint density at radius 1 is 1.17 bits per heavy atom. The molecule has 0 N–H and O–H groups in total. The topological polar surface area (TPSA) is 45.7 Å². The van der Waals surface area contributed by atoms with Crippen molar-refractivity contribution in [2.24, 2.45) is 0 Å². The highest BCUT2D eigenvalue weighted by atomic mass is 16.5. The van der Waals surface area contributed by atoms with Gasteiger partial charge in [-0.1, -0.05) is 12.1 Å². The van der Waals surface area contributed by atoms with Crippen molar-refractivity contribution in [1.82, 2.24) is 14.8 Å². The fourth-order valence-electron chi connectivity index (χ4n) is 3.22. The molecule has 0 aliphatic carbocycles. The Kier molecular flexibility index (Phi) is 5.11. The minimum absolute atomic E-state index is 0.0731. The van der Waals surface area contributed by atoms with Gasteiger partial charge in [-0.25, -0.2) is 0 Å². The number of hydrogen-bond donors (Lipinski definition) is 0. The summed E-state index contributed by atoms with van der Waals surface area (Å²) in [6, 6.07) is 12.2. The summed E-state index contributed by atoms with van der Waals surface area (Å²) in [4.78, 5) is 20.5. The van der Waals surface area contributed by atoms with E-state index >= 15 is 0 Å². The summed E-state index contributed by atoms with van der Waals surface area (Å²) in [6.07, 6.45) is 3.64. The van der Waals surface area contributed by atoms with E-state index < -0.39 is 0 Å². The van der Waals surface area contributed by atoms with Crippen LogP contribution in [0.3, 0.4) is 0 Å².